The molecule has 0 spiro atoms. The summed E-state index contributed by atoms with van der Waals surface area (Å²) in [6.07, 6.45) is 1.34. The number of thiazole rings is 1. The van der Waals surface area contributed by atoms with Gasteiger partial charge >= 0.3 is 0 Å². The summed E-state index contributed by atoms with van der Waals surface area (Å²) >= 11 is 2.65. The van der Waals surface area contributed by atoms with Crippen molar-refractivity contribution in [2.75, 3.05) is 18.4 Å². The minimum atomic E-state index is -3.53. The van der Waals surface area contributed by atoms with E-state index in [9.17, 15) is 13.2 Å². The van der Waals surface area contributed by atoms with Crippen LogP contribution >= 0.6 is 22.7 Å². The number of anilines is 1. The molecule has 1 fully saturated rings. The number of piperidine rings is 1. The molecule has 1 amide bonds. The Bertz CT molecular complexity index is 1120. The van der Waals surface area contributed by atoms with E-state index in [1.165, 1.54) is 27.0 Å². The average Bonchev–Trinajstić information content (AvgIpc) is 3.35. The van der Waals surface area contributed by atoms with Gasteiger partial charge in [-0.1, -0.05) is 23.5 Å². The molecule has 2 aromatic heterocycles. The van der Waals surface area contributed by atoms with Crippen molar-refractivity contribution in [3.05, 3.63) is 40.8 Å². The van der Waals surface area contributed by atoms with Gasteiger partial charge in [0, 0.05) is 13.1 Å². The predicted molar refractivity (Wildman–Crippen MR) is 114 cm³/mol. The molecule has 1 atom stereocenters. The fourth-order valence-electron chi connectivity index (χ4n) is 3.40. The molecule has 4 rings (SSSR count). The summed E-state index contributed by atoms with van der Waals surface area (Å²) in [4.78, 5) is 17.4. The van der Waals surface area contributed by atoms with Crippen LogP contribution in [0.25, 0.3) is 10.2 Å². The van der Waals surface area contributed by atoms with Crippen molar-refractivity contribution in [2.24, 2.45) is 5.92 Å². The number of thiophene rings is 1. The van der Waals surface area contributed by atoms with E-state index in [0.29, 0.717) is 28.7 Å². The van der Waals surface area contributed by atoms with E-state index < -0.39 is 10.0 Å². The molecule has 1 aliphatic heterocycles. The Hall–Kier alpha value is -1.81. The Labute approximate surface area is 172 Å². The molecule has 0 saturated carbocycles. The van der Waals surface area contributed by atoms with E-state index in [4.69, 9.17) is 0 Å². The largest absolute Gasteiger partial charge is 0.302 e. The molecule has 3 heterocycles. The highest BCUT2D eigenvalue weighted by molar-refractivity contribution is 7.91. The molecule has 0 radical (unpaired) electrons. The van der Waals surface area contributed by atoms with Crippen molar-refractivity contribution in [3.63, 3.8) is 0 Å². The van der Waals surface area contributed by atoms with Crippen molar-refractivity contribution in [1.29, 1.82) is 0 Å². The van der Waals surface area contributed by atoms with Crippen molar-refractivity contribution in [3.8, 4) is 0 Å². The molecule has 6 nitrogen and oxygen atoms in total. The third kappa shape index (κ3) is 3.59. The molecule has 0 bridgehead atoms. The Morgan fingerprint density at radius 2 is 2.11 bits per heavy atom. The van der Waals surface area contributed by atoms with Crippen LogP contribution in [0, 0.1) is 19.8 Å². The van der Waals surface area contributed by atoms with Crippen LogP contribution in [0.5, 0.6) is 0 Å². The lowest BCUT2D eigenvalue weighted by Crippen LogP contribution is -2.43. The van der Waals surface area contributed by atoms with E-state index in [-0.39, 0.29) is 18.4 Å². The van der Waals surface area contributed by atoms with Gasteiger partial charge in [-0.05, 0) is 55.3 Å². The van der Waals surface area contributed by atoms with Gasteiger partial charge in [0.05, 0.1) is 16.1 Å². The third-order valence-electron chi connectivity index (χ3n) is 5.16. The molecule has 9 heteroatoms. The topological polar surface area (TPSA) is 79.4 Å². The summed E-state index contributed by atoms with van der Waals surface area (Å²) in [5, 5.41) is 5.21. The third-order valence-corrected chi connectivity index (χ3v) is 9.33. The highest BCUT2D eigenvalue weighted by atomic mass is 32.2. The number of hydrogen-bond acceptors (Lipinski definition) is 6. The SMILES string of the molecule is Cc1ccc2sc(NC(=O)C3CCCN(S(=O)(=O)c4cccs4)C3)nc2c1C. The zero-order chi connectivity index (χ0) is 19.9. The first-order valence-corrected chi connectivity index (χ1v) is 12.2. The lowest BCUT2D eigenvalue weighted by atomic mass is 9.99. The summed E-state index contributed by atoms with van der Waals surface area (Å²) < 4.78 is 28.3. The van der Waals surface area contributed by atoms with Gasteiger partial charge in [-0.15, -0.1) is 11.3 Å². The summed E-state index contributed by atoms with van der Waals surface area (Å²) in [6.45, 7) is 4.72. The van der Waals surface area contributed by atoms with Gasteiger partial charge in [0.15, 0.2) is 5.13 Å². The number of nitrogens with one attached hydrogen (secondary N) is 1. The van der Waals surface area contributed by atoms with E-state index in [1.54, 1.807) is 17.5 Å². The minimum Gasteiger partial charge on any atom is -0.302 e. The molecule has 28 heavy (non-hydrogen) atoms. The molecular formula is C19H21N3O3S3. The van der Waals surface area contributed by atoms with E-state index in [1.807, 2.05) is 19.9 Å². The number of aromatic nitrogens is 1. The normalized spacial score (nSPS) is 18.4. The Balaban J connectivity index is 1.50. The molecule has 1 saturated heterocycles. The van der Waals surface area contributed by atoms with Gasteiger partial charge in [-0.3, -0.25) is 4.79 Å². The van der Waals surface area contributed by atoms with Crippen LogP contribution in [-0.4, -0.2) is 36.7 Å². The van der Waals surface area contributed by atoms with Crippen LogP contribution in [0.3, 0.4) is 0 Å². The second kappa shape index (κ2) is 7.55. The van der Waals surface area contributed by atoms with Gasteiger partial charge in [-0.2, -0.15) is 4.31 Å². The molecule has 148 valence electrons. The quantitative estimate of drug-likeness (QED) is 0.671. The molecular weight excluding hydrogens is 414 g/mol. The Morgan fingerprint density at radius 3 is 2.86 bits per heavy atom. The summed E-state index contributed by atoms with van der Waals surface area (Å²) in [7, 11) is -3.53. The van der Waals surface area contributed by atoms with Crippen LogP contribution in [-0.2, 0) is 14.8 Å². The summed E-state index contributed by atoms with van der Waals surface area (Å²) in [5.41, 5.74) is 3.18. The van der Waals surface area contributed by atoms with Crippen molar-refractivity contribution >= 4 is 54.0 Å². The molecule has 1 N–H and O–H groups in total. The van der Waals surface area contributed by atoms with Crippen molar-refractivity contribution < 1.29 is 13.2 Å². The fraction of sp³-hybridized carbons (Fsp3) is 0.368. The van der Waals surface area contributed by atoms with Crippen LogP contribution < -0.4 is 5.32 Å². The van der Waals surface area contributed by atoms with Crippen molar-refractivity contribution in [2.45, 2.75) is 30.9 Å². The smallest absolute Gasteiger partial charge is 0.252 e. The lowest BCUT2D eigenvalue weighted by molar-refractivity contribution is -0.120. The van der Waals surface area contributed by atoms with Crippen LogP contribution in [0.1, 0.15) is 24.0 Å². The lowest BCUT2D eigenvalue weighted by Gasteiger charge is -2.30. The number of fused-ring (bicyclic) bond motifs is 1. The first-order chi connectivity index (χ1) is 13.4. The maximum absolute atomic E-state index is 12.8. The number of aryl methyl sites for hydroxylation is 2. The molecule has 0 aliphatic carbocycles. The van der Waals surface area contributed by atoms with Crippen LogP contribution in [0.15, 0.2) is 33.9 Å². The van der Waals surface area contributed by atoms with Crippen molar-refractivity contribution in [1.82, 2.24) is 9.29 Å². The van der Waals surface area contributed by atoms with Crippen LogP contribution in [0.4, 0.5) is 5.13 Å². The Morgan fingerprint density at radius 1 is 1.29 bits per heavy atom. The van der Waals surface area contributed by atoms with E-state index in [2.05, 4.69) is 16.4 Å². The second-order valence-corrected chi connectivity index (χ2v) is 11.1. The summed E-state index contributed by atoms with van der Waals surface area (Å²) in [6, 6.07) is 7.40. The minimum absolute atomic E-state index is 0.167. The number of carbonyl (C=O) groups is 1. The highest BCUT2D eigenvalue weighted by Crippen LogP contribution is 2.31. The monoisotopic (exact) mass is 435 g/mol. The van der Waals surface area contributed by atoms with E-state index >= 15 is 0 Å². The number of carbonyl (C=O) groups excluding carboxylic acids is 1. The summed E-state index contributed by atoms with van der Waals surface area (Å²) in [5.74, 6) is -0.544. The van der Waals surface area contributed by atoms with Gasteiger partial charge in [0.25, 0.3) is 10.0 Å². The van der Waals surface area contributed by atoms with Gasteiger partial charge in [-0.25, -0.2) is 13.4 Å². The number of hydrogen-bond donors (Lipinski definition) is 1. The number of rotatable bonds is 4. The number of benzene rings is 1. The first-order valence-electron chi connectivity index (χ1n) is 9.07. The van der Waals surface area contributed by atoms with Gasteiger partial charge < -0.3 is 5.32 Å². The van der Waals surface area contributed by atoms with Crippen LogP contribution in [0.2, 0.25) is 0 Å². The maximum Gasteiger partial charge on any atom is 0.252 e. The number of nitrogens with zero attached hydrogens (tertiary/aromatic N) is 2. The molecule has 3 aromatic rings. The second-order valence-electron chi connectivity index (χ2n) is 7.00. The maximum atomic E-state index is 12.8. The first kappa shape index (κ1) is 19.5. The zero-order valence-electron chi connectivity index (χ0n) is 15.6. The van der Waals surface area contributed by atoms with Gasteiger partial charge in [0.2, 0.25) is 5.91 Å². The predicted octanol–water partition coefficient (Wildman–Crippen LogP) is 4.01. The number of amides is 1. The standard InChI is InChI=1S/C19H21N3O3S3/c1-12-7-8-15-17(13(12)2)20-19(27-15)21-18(23)14-5-3-9-22(11-14)28(24,25)16-6-4-10-26-16/h4,6-8,10,14H,3,5,9,11H2,1-2H3,(H,20,21,23). The van der Waals surface area contributed by atoms with E-state index in [0.717, 1.165) is 21.3 Å². The molecule has 1 aliphatic rings. The molecule has 1 unspecified atom stereocenters. The van der Waals surface area contributed by atoms with Gasteiger partial charge in [0.1, 0.15) is 4.21 Å². The zero-order valence-corrected chi connectivity index (χ0v) is 18.1. The average molecular weight is 436 g/mol. The fourth-order valence-corrected chi connectivity index (χ4v) is 7.00. The highest BCUT2D eigenvalue weighted by Gasteiger charge is 2.34. The Kier molecular flexibility index (Phi) is 5.26. The molecule has 1 aromatic carbocycles. The number of sulfonamides is 1.